The first-order valence-corrected chi connectivity index (χ1v) is 10.5. The van der Waals surface area contributed by atoms with E-state index >= 15 is 0 Å². The van der Waals surface area contributed by atoms with Crippen molar-refractivity contribution in [2.24, 2.45) is 0 Å². The lowest BCUT2D eigenvalue weighted by atomic mass is 10.1. The molecule has 6 nitrogen and oxygen atoms in total. The standard InChI is InChI=1S/C25H24N4O2/c30-24-16-22(20-10-4-1-5-11-20)18-26-28(24)14-8-3-9-15-29-25(31)17-23(19-27-29)21-12-6-2-7-13-21/h1-2,4-7,10-13,16-19H,3,8-9,14-15H2. The first kappa shape index (κ1) is 20.5. The molecule has 6 heteroatoms. The molecule has 31 heavy (non-hydrogen) atoms. The second-order valence-electron chi connectivity index (χ2n) is 7.40. The first-order valence-electron chi connectivity index (χ1n) is 10.5. The van der Waals surface area contributed by atoms with Crippen molar-refractivity contribution in [3.05, 3.63) is 106 Å². The van der Waals surface area contributed by atoms with Gasteiger partial charge in [-0.3, -0.25) is 9.59 Å². The van der Waals surface area contributed by atoms with Crippen LogP contribution in [0.25, 0.3) is 22.3 Å². The van der Waals surface area contributed by atoms with Crippen LogP contribution in [0.2, 0.25) is 0 Å². The first-order chi connectivity index (χ1) is 15.2. The molecule has 2 aromatic heterocycles. The smallest absolute Gasteiger partial charge is 0.267 e. The Hall–Kier alpha value is -3.80. The highest BCUT2D eigenvalue weighted by Crippen LogP contribution is 2.16. The van der Waals surface area contributed by atoms with E-state index in [0.717, 1.165) is 41.5 Å². The predicted molar refractivity (Wildman–Crippen MR) is 122 cm³/mol. The molecular formula is C25H24N4O2. The lowest BCUT2D eigenvalue weighted by Crippen LogP contribution is -2.23. The van der Waals surface area contributed by atoms with Gasteiger partial charge in [-0.15, -0.1) is 0 Å². The number of nitrogens with zero attached hydrogens (tertiary/aromatic N) is 4. The minimum Gasteiger partial charge on any atom is -0.268 e. The molecule has 0 spiro atoms. The molecule has 0 saturated heterocycles. The quantitative estimate of drug-likeness (QED) is 0.410. The van der Waals surface area contributed by atoms with Crippen LogP contribution in [0.4, 0.5) is 0 Å². The third-order valence-corrected chi connectivity index (χ3v) is 5.19. The van der Waals surface area contributed by atoms with Gasteiger partial charge >= 0.3 is 0 Å². The Morgan fingerprint density at radius 3 is 1.35 bits per heavy atom. The van der Waals surface area contributed by atoms with Crippen LogP contribution in [-0.2, 0) is 13.1 Å². The number of benzene rings is 2. The number of rotatable bonds is 8. The number of aromatic nitrogens is 4. The largest absolute Gasteiger partial charge is 0.268 e. The zero-order valence-corrected chi connectivity index (χ0v) is 17.2. The lowest BCUT2D eigenvalue weighted by Gasteiger charge is -2.08. The summed E-state index contributed by atoms with van der Waals surface area (Å²) in [6, 6.07) is 22.7. The van der Waals surface area contributed by atoms with E-state index in [4.69, 9.17) is 0 Å². The minimum absolute atomic E-state index is 0.101. The van der Waals surface area contributed by atoms with Gasteiger partial charge in [0.2, 0.25) is 0 Å². The average molecular weight is 412 g/mol. The van der Waals surface area contributed by atoms with E-state index in [2.05, 4.69) is 10.2 Å². The van der Waals surface area contributed by atoms with Gasteiger partial charge in [-0.1, -0.05) is 60.7 Å². The fourth-order valence-electron chi connectivity index (χ4n) is 3.48. The summed E-state index contributed by atoms with van der Waals surface area (Å²) >= 11 is 0. The molecule has 0 saturated carbocycles. The molecule has 0 aliphatic rings. The van der Waals surface area contributed by atoms with Crippen LogP contribution in [0.15, 0.2) is 94.8 Å². The number of hydrogen-bond donors (Lipinski definition) is 0. The van der Waals surface area contributed by atoms with Crippen molar-refractivity contribution in [1.82, 2.24) is 19.6 Å². The Balaban J connectivity index is 1.28. The van der Waals surface area contributed by atoms with E-state index in [0.29, 0.717) is 13.1 Å². The molecule has 0 bridgehead atoms. The SMILES string of the molecule is O=c1cc(-c2ccccc2)cnn1CCCCCn1ncc(-c2ccccc2)cc1=O. The van der Waals surface area contributed by atoms with E-state index in [-0.39, 0.29) is 11.1 Å². The predicted octanol–water partition coefficient (Wildman–Crippen LogP) is 4.00. The van der Waals surface area contributed by atoms with Gasteiger partial charge in [-0.25, -0.2) is 9.36 Å². The zero-order chi connectivity index (χ0) is 21.5. The van der Waals surface area contributed by atoms with E-state index in [1.54, 1.807) is 24.5 Å². The van der Waals surface area contributed by atoms with Gasteiger partial charge in [0.05, 0.1) is 12.4 Å². The summed E-state index contributed by atoms with van der Waals surface area (Å²) in [5, 5.41) is 8.60. The van der Waals surface area contributed by atoms with Crippen molar-refractivity contribution < 1.29 is 0 Å². The maximum absolute atomic E-state index is 12.3. The van der Waals surface area contributed by atoms with E-state index < -0.39 is 0 Å². The second kappa shape index (κ2) is 9.80. The highest BCUT2D eigenvalue weighted by molar-refractivity contribution is 5.62. The van der Waals surface area contributed by atoms with Crippen LogP contribution in [0, 0.1) is 0 Å². The molecule has 0 radical (unpaired) electrons. The molecular weight excluding hydrogens is 388 g/mol. The summed E-state index contributed by atoms with van der Waals surface area (Å²) in [6.07, 6.45) is 5.97. The maximum atomic E-state index is 12.3. The molecule has 2 aromatic carbocycles. The van der Waals surface area contributed by atoms with Crippen molar-refractivity contribution >= 4 is 0 Å². The monoisotopic (exact) mass is 412 g/mol. The Kier molecular flexibility index (Phi) is 6.47. The van der Waals surface area contributed by atoms with Gasteiger partial charge in [0.1, 0.15) is 0 Å². The fourth-order valence-corrected chi connectivity index (χ4v) is 3.48. The average Bonchev–Trinajstić information content (AvgIpc) is 2.81. The molecule has 0 N–H and O–H groups in total. The van der Waals surface area contributed by atoms with Gasteiger partial charge in [0, 0.05) is 36.3 Å². The number of unbranched alkanes of at least 4 members (excludes halogenated alkanes) is 2. The van der Waals surface area contributed by atoms with Crippen molar-refractivity contribution in [2.45, 2.75) is 32.4 Å². The van der Waals surface area contributed by atoms with Gasteiger partial charge in [-0.05, 0) is 30.4 Å². The number of aryl methyl sites for hydroxylation is 2. The molecule has 0 atom stereocenters. The lowest BCUT2D eigenvalue weighted by molar-refractivity contribution is 0.481. The van der Waals surface area contributed by atoms with Gasteiger partial charge in [-0.2, -0.15) is 10.2 Å². The van der Waals surface area contributed by atoms with Crippen LogP contribution in [-0.4, -0.2) is 19.6 Å². The molecule has 2 heterocycles. The molecule has 0 amide bonds. The van der Waals surface area contributed by atoms with Crippen molar-refractivity contribution in [2.75, 3.05) is 0 Å². The second-order valence-corrected chi connectivity index (χ2v) is 7.40. The topological polar surface area (TPSA) is 69.8 Å². The van der Waals surface area contributed by atoms with Gasteiger partial charge in [0.15, 0.2) is 0 Å². The maximum Gasteiger partial charge on any atom is 0.267 e. The Morgan fingerprint density at radius 2 is 0.968 bits per heavy atom. The van der Waals surface area contributed by atoms with Crippen molar-refractivity contribution in [3.63, 3.8) is 0 Å². The Bertz CT molecular complexity index is 1150. The molecule has 156 valence electrons. The van der Waals surface area contributed by atoms with E-state index in [1.807, 2.05) is 60.7 Å². The molecule has 4 aromatic rings. The summed E-state index contributed by atoms with van der Waals surface area (Å²) in [7, 11) is 0. The molecule has 0 aliphatic carbocycles. The minimum atomic E-state index is -0.101. The normalized spacial score (nSPS) is 10.8. The summed E-state index contributed by atoms with van der Waals surface area (Å²) < 4.78 is 2.98. The van der Waals surface area contributed by atoms with Crippen LogP contribution >= 0.6 is 0 Å². The van der Waals surface area contributed by atoms with Crippen molar-refractivity contribution in [3.8, 4) is 22.3 Å². The highest BCUT2D eigenvalue weighted by Gasteiger charge is 2.04. The summed E-state index contributed by atoms with van der Waals surface area (Å²) in [5.74, 6) is 0. The number of hydrogen-bond acceptors (Lipinski definition) is 4. The van der Waals surface area contributed by atoms with E-state index in [9.17, 15) is 9.59 Å². The zero-order valence-electron chi connectivity index (χ0n) is 17.2. The molecule has 0 aliphatic heterocycles. The Morgan fingerprint density at radius 1 is 0.548 bits per heavy atom. The summed E-state index contributed by atoms with van der Waals surface area (Å²) in [6.45, 7) is 1.12. The molecule has 4 rings (SSSR count). The van der Waals surface area contributed by atoms with Gasteiger partial charge in [0.25, 0.3) is 11.1 Å². The highest BCUT2D eigenvalue weighted by atomic mass is 16.1. The van der Waals surface area contributed by atoms with Crippen LogP contribution in [0.5, 0.6) is 0 Å². The van der Waals surface area contributed by atoms with Crippen LogP contribution < -0.4 is 11.1 Å². The molecule has 0 unspecified atom stereocenters. The summed E-state index contributed by atoms with van der Waals surface area (Å²) in [4.78, 5) is 24.7. The van der Waals surface area contributed by atoms with Gasteiger partial charge < -0.3 is 0 Å². The fraction of sp³-hybridized carbons (Fsp3) is 0.200. The van der Waals surface area contributed by atoms with Crippen LogP contribution in [0.3, 0.4) is 0 Å². The molecule has 0 fully saturated rings. The Labute approximate surface area is 180 Å². The van der Waals surface area contributed by atoms with Crippen molar-refractivity contribution in [1.29, 1.82) is 0 Å². The third-order valence-electron chi connectivity index (χ3n) is 5.19. The van der Waals surface area contributed by atoms with Crippen LogP contribution in [0.1, 0.15) is 19.3 Å². The third kappa shape index (κ3) is 5.22. The van der Waals surface area contributed by atoms with E-state index in [1.165, 1.54) is 9.36 Å². The summed E-state index contributed by atoms with van der Waals surface area (Å²) in [5.41, 5.74) is 3.41.